The van der Waals surface area contributed by atoms with Crippen molar-refractivity contribution in [2.45, 2.75) is 0 Å². The van der Waals surface area contributed by atoms with E-state index in [-0.39, 0.29) is 0 Å². The fourth-order valence-electron chi connectivity index (χ4n) is 1.79. The Balaban J connectivity index is 2.71. The molecule has 0 radical (unpaired) electrons. The Morgan fingerprint density at radius 3 is 0.696 bits per heavy atom. The van der Waals surface area contributed by atoms with Crippen LogP contribution in [-0.4, -0.2) is 0 Å². The Morgan fingerprint density at radius 1 is 0.304 bits per heavy atom. The summed E-state index contributed by atoms with van der Waals surface area (Å²) >= 11 is -3.79. The first-order valence-corrected chi connectivity index (χ1v) is 8.56. The molecule has 0 aliphatic carbocycles. The first kappa shape index (κ1) is 17.7. The molecule has 0 aliphatic heterocycles. The minimum atomic E-state index is -3.79. The van der Waals surface area contributed by atoms with Crippen molar-refractivity contribution >= 4 is 8.32 Å². The average Bonchev–Trinajstić information content (AvgIpc) is 2.54. The summed E-state index contributed by atoms with van der Waals surface area (Å²) in [6.07, 6.45) is 0. The van der Waals surface area contributed by atoms with Crippen LogP contribution < -0.4 is 8.32 Å². The van der Waals surface area contributed by atoms with Crippen LogP contribution in [0.1, 0.15) is 0 Å². The van der Waals surface area contributed by atoms with E-state index in [9.17, 15) is 43.9 Å². The van der Waals surface area contributed by atoms with Crippen molar-refractivity contribution in [2.75, 3.05) is 0 Å². The SMILES string of the molecule is Fc1c(F)c(F)[c]([Zn][c]2c(F)c(F)c(F)c(F)c2F)c(F)c1F. The van der Waals surface area contributed by atoms with Crippen LogP contribution in [0.4, 0.5) is 43.9 Å². The summed E-state index contributed by atoms with van der Waals surface area (Å²) < 4.78 is 128. The molecule has 0 N–H and O–H groups in total. The van der Waals surface area contributed by atoms with E-state index in [0.29, 0.717) is 0 Å². The van der Waals surface area contributed by atoms with Crippen molar-refractivity contribution in [3.63, 3.8) is 0 Å². The minimum absolute atomic E-state index is 1.54. The van der Waals surface area contributed by atoms with Gasteiger partial charge in [-0.1, -0.05) is 0 Å². The van der Waals surface area contributed by atoms with Crippen molar-refractivity contribution in [3.8, 4) is 0 Å². The first-order chi connectivity index (χ1) is 10.6. The van der Waals surface area contributed by atoms with Crippen LogP contribution in [0, 0.1) is 58.2 Å². The molecule has 0 saturated carbocycles. The molecule has 0 spiro atoms. The molecule has 2 aromatic rings. The standard InChI is InChI=1S/2C6F5.Zn/c2*7-2-1-3(8)5(10)6(11)4(2)9;. The van der Waals surface area contributed by atoms with Gasteiger partial charge in [0.15, 0.2) is 0 Å². The summed E-state index contributed by atoms with van der Waals surface area (Å²) in [6.45, 7) is 0. The second kappa shape index (κ2) is 6.11. The third kappa shape index (κ3) is 2.71. The van der Waals surface area contributed by atoms with Crippen molar-refractivity contribution in [1.82, 2.24) is 0 Å². The van der Waals surface area contributed by atoms with Gasteiger partial charge in [-0.3, -0.25) is 0 Å². The monoisotopic (exact) mass is 398 g/mol. The molecular weight excluding hydrogens is 400 g/mol. The normalized spacial score (nSPS) is 10.9. The summed E-state index contributed by atoms with van der Waals surface area (Å²) in [5.41, 5.74) is 0. The predicted molar refractivity (Wildman–Crippen MR) is 51.7 cm³/mol. The van der Waals surface area contributed by atoms with Gasteiger partial charge in [0.25, 0.3) is 0 Å². The van der Waals surface area contributed by atoms with Crippen LogP contribution in [0.3, 0.4) is 0 Å². The van der Waals surface area contributed by atoms with Crippen molar-refractivity contribution in [1.29, 1.82) is 0 Å². The van der Waals surface area contributed by atoms with E-state index >= 15 is 0 Å². The van der Waals surface area contributed by atoms with E-state index < -0.39 is 83.6 Å². The molecule has 0 amide bonds. The number of rotatable bonds is 2. The van der Waals surface area contributed by atoms with Crippen LogP contribution in [0.2, 0.25) is 0 Å². The van der Waals surface area contributed by atoms with Gasteiger partial charge in [0, 0.05) is 0 Å². The molecule has 0 heterocycles. The molecule has 0 fully saturated rings. The Hall–Kier alpha value is -1.64. The first-order valence-electron chi connectivity index (χ1n) is 5.60. The molecule has 11 heteroatoms. The van der Waals surface area contributed by atoms with E-state index in [0.717, 1.165) is 0 Å². The topological polar surface area (TPSA) is 0 Å². The fraction of sp³-hybridized carbons (Fsp3) is 0. The van der Waals surface area contributed by atoms with E-state index in [4.69, 9.17) is 0 Å². The second-order valence-corrected chi connectivity index (χ2v) is 7.98. The van der Waals surface area contributed by atoms with E-state index in [1.54, 1.807) is 0 Å². The molecule has 0 nitrogen and oxygen atoms in total. The molecule has 23 heavy (non-hydrogen) atoms. The van der Waals surface area contributed by atoms with E-state index in [1.807, 2.05) is 0 Å². The molecule has 0 bridgehead atoms. The fourth-order valence-corrected chi connectivity index (χ4v) is 5.13. The van der Waals surface area contributed by atoms with Crippen LogP contribution in [-0.2, 0) is 17.1 Å². The molecule has 0 saturated heterocycles. The number of halogens is 10. The van der Waals surface area contributed by atoms with Gasteiger partial charge in [-0.2, -0.15) is 0 Å². The molecule has 0 unspecified atom stereocenters. The molecule has 0 aliphatic rings. The summed E-state index contributed by atoms with van der Waals surface area (Å²) in [6, 6.07) is 0. The Labute approximate surface area is 128 Å². The summed E-state index contributed by atoms with van der Waals surface area (Å²) in [7, 11) is 0. The van der Waals surface area contributed by atoms with Gasteiger partial charge >= 0.3 is 128 Å². The van der Waals surface area contributed by atoms with Crippen molar-refractivity contribution in [3.05, 3.63) is 58.2 Å². The van der Waals surface area contributed by atoms with Gasteiger partial charge in [0.05, 0.1) is 0 Å². The predicted octanol–water partition coefficient (Wildman–Crippen LogP) is 3.11. The molecular formula is C12F10Zn. The summed E-state index contributed by atoms with van der Waals surface area (Å²) in [5, 5.41) is 0. The van der Waals surface area contributed by atoms with Crippen molar-refractivity contribution in [2.24, 2.45) is 0 Å². The van der Waals surface area contributed by atoms with E-state index in [2.05, 4.69) is 0 Å². The van der Waals surface area contributed by atoms with Gasteiger partial charge in [0.1, 0.15) is 0 Å². The average molecular weight is 400 g/mol. The zero-order valence-electron chi connectivity index (χ0n) is 10.5. The maximum atomic E-state index is 13.5. The van der Waals surface area contributed by atoms with Gasteiger partial charge in [0.2, 0.25) is 0 Å². The zero-order chi connectivity index (χ0) is 17.6. The van der Waals surface area contributed by atoms with Gasteiger partial charge in [-0.25, -0.2) is 0 Å². The van der Waals surface area contributed by atoms with Crippen molar-refractivity contribution < 1.29 is 61.0 Å². The molecule has 0 aromatic heterocycles. The maximum absolute atomic E-state index is 13.5. The number of hydrogen-bond donors (Lipinski definition) is 0. The van der Waals surface area contributed by atoms with Gasteiger partial charge in [-0.15, -0.1) is 0 Å². The number of hydrogen-bond acceptors (Lipinski definition) is 0. The van der Waals surface area contributed by atoms with Gasteiger partial charge in [-0.05, 0) is 0 Å². The molecule has 0 atom stereocenters. The van der Waals surface area contributed by atoms with Crippen LogP contribution in [0.25, 0.3) is 0 Å². The zero-order valence-corrected chi connectivity index (χ0v) is 13.5. The van der Waals surface area contributed by atoms with Crippen LogP contribution >= 0.6 is 0 Å². The van der Waals surface area contributed by atoms with Gasteiger partial charge < -0.3 is 0 Å². The molecule has 2 rings (SSSR count). The summed E-state index contributed by atoms with van der Waals surface area (Å²) in [5.74, 6) is -23.9. The Bertz CT molecular complexity index is 691. The van der Waals surface area contributed by atoms with Crippen LogP contribution in [0.15, 0.2) is 0 Å². The molecule has 120 valence electrons. The third-order valence-corrected chi connectivity index (χ3v) is 7.04. The summed E-state index contributed by atoms with van der Waals surface area (Å²) in [4.78, 5) is 0. The Morgan fingerprint density at radius 2 is 0.478 bits per heavy atom. The number of benzene rings is 2. The van der Waals surface area contributed by atoms with E-state index in [1.165, 1.54) is 0 Å². The van der Waals surface area contributed by atoms with Crippen LogP contribution in [0.5, 0.6) is 0 Å². The second-order valence-electron chi connectivity index (χ2n) is 4.27. The Kier molecular flexibility index (Phi) is 4.70. The quantitative estimate of drug-likeness (QED) is 0.315. The molecule has 2 aromatic carbocycles. The third-order valence-electron chi connectivity index (χ3n) is 2.95.